The second-order valence-corrected chi connectivity index (χ2v) is 33.1. The zero-order chi connectivity index (χ0) is 74.2. The van der Waals surface area contributed by atoms with Crippen molar-refractivity contribution in [3.63, 3.8) is 0 Å². The van der Waals surface area contributed by atoms with Gasteiger partial charge < -0.3 is 42.8 Å². The van der Waals surface area contributed by atoms with E-state index in [2.05, 4.69) is 225 Å². The number of hydrogen-bond donors (Lipinski definition) is 0. The lowest BCUT2D eigenvalue weighted by atomic mass is 9.79. The van der Waals surface area contributed by atoms with Crippen LogP contribution in [0.3, 0.4) is 0 Å². The molecule has 0 amide bonds. The molecule has 3 heterocycles. The first-order chi connectivity index (χ1) is 49.7. The van der Waals surface area contributed by atoms with Crippen molar-refractivity contribution in [1.82, 2.24) is 0 Å². The summed E-state index contributed by atoms with van der Waals surface area (Å²) in [6, 6.07) is 78.7. The molecule has 3 saturated heterocycles. The number of anilines is 9. The molecule has 10 aromatic carbocycles. The Labute approximate surface area is 658 Å². The maximum Gasteiger partial charge on any atom is 0.494 e. The monoisotopic (exact) mass is 1720 g/mol. The van der Waals surface area contributed by atoms with Gasteiger partial charge in [-0.25, -0.2) is 8.78 Å². The molecule has 13 rings (SSSR count). The van der Waals surface area contributed by atoms with E-state index in [0.29, 0.717) is 0 Å². The molecule has 0 radical (unpaired) electrons. The van der Waals surface area contributed by atoms with E-state index < -0.39 is 36.6 Å². The van der Waals surface area contributed by atoms with E-state index in [-0.39, 0.29) is 17.0 Å². The normalized spacial score (nSPS) is 15.6. The van der Waals surface area contributed by atoms with Crippen molar-refractivity contribution in [3.8, 4) is 5.75 Å². The summed E-state index contributed by atoms with van der Waals surface area (Å²) in [5.74, 6) is 0.267. The summed E-state index contributed by atoms with van der Waals surface area (Å²) < 4.78 is 69.6. The molecule has 3 aliphatic rings. The molecule has 3 aliphatic heterocycles. The van der Waals surface area contributed by atoms with Gasteiger partial charge in [0.25, 0.3) is 0 Å². The molecule has 0 unspecified atom stereocenters. The molecule has 9 nitrogen and oxygen atoms in total. The lowest BCUT2D eigenvalue weighted by Crippen LogP contribution is -2.46. The van der Waals surface area contributed by atoms with Gasteiger partial charge in [-0.05, 0) is 297 Å². The van der Waals surface area contributed by atoms with E-state index >= 15 is 0 Å². The number of hydrogen-bond acceptors (Lipinski definition) is 9. The number of aryl methyl sites for hydroxylation is 1. The summed E-state index contributed by atoms with van der Waals surface area (Å²) in [6.07, 6.45) is 10.6. The zero-order valence-corrected chi connectivity index (χ0v) is 68.9. The summed E-state index contributed by atoms with van der Waals surface area (Å²) in [4.78, 5) is 6.36. The Kier molecular flexibility index (Phi) is 28.1. The fourth-order valence-electron chi connectivity index (χ4n) is 11.9. The van der Waals surface area contributed by atoms with Gasteiger partial charge in [-0.15, -0.1) is 0 Å². The van der Waals surface area contributed by atoms with E-state index in [4.69, 9.17) is 28.1 Å². The fourth-order valence-corrected chi connectivity index (χ4v) is 13.2. The average Bonchev–Trinajstić information content (AvgIpc) is 1.67. The van der Waals surface area contributed by atoms with Gasteiger partial charge in [-0.2, -0.15) is 0 Å². The Hall–Kier alpha value is -6.41. The highest BCUT2D eigenvalue weighted by molar-refractivity contribution is 9.11. The molecule has 0 N–H and O–H groups in total. The summed E-state index contributed by atoms with van der Waals surface area (Å²) >= 11 is 17.3. The maximum atomic E-state index is 13.9. The first kappa shape index (κ1) is 80.1. The van der Waals surface area contributed by atoms with Crippen LogP contribution in [0.5, 0.6) is 5.75 Å². The zero-order valence-electron chi connectivity index (χ0n) is 61.0. The van der Waals surface area contributed by atoms with Crippen molar-refractivity contribution < 1.29 is 36.9 Å². The molecule has 0 bridgehead atoms. The van der Waals surface area contributed by atoms with Crippen LogP contribution in [0.1, 0.15) is 120 Å². The van der Waals surface area contributed by atoms with E-state index in [1.54, 1.807) is 24.3 Å². The Morgan fingerprint density at radius 3 is 0.894 bits per heavy atom. The van der Waals surface area contributed by atoms with Crippen molar-refractivity contribution in [3.05, 3.63) is 282 Å². The van der Waals surface area contributed by atoms with Crippen LogP contribution >= 0.6 is 79.6 Å². The number of nitrogens with zero attached hydrogens (tertiary/aromatic N) is 3. The second-order valence-electron chi connectivity index (χ2n) is 28.5. The lowest BCUT2D eigenvalue weighted by molar-refractivity contribution is -0.133. The topological polar surface area (TPSA) is 65.1 Å². The predicted octanol–water partition coefficient (Wildman–Crippen LogP) is 25.6. The minimum atomic E-state index is -0.477. The second kappa shape index (κ2) is 36.5. The third-order valence-electron chi connectivity index (χ3n) is 19.8. The summed E-state index contributed by atoms with van der Waals surface area (Å²) in [5.41, 5.74) is 10.3. The van der Waals surface area contributed by atoms with Crippen LogP contribution in [0.2, 0.25) is 0 Å². The Bertz CT molecular complexity index is 4020. The van der Waals surface area contributed by atoms with Gasteiger partial charge in [0.05, 0.1) is 47.6 Å². The molecular formula is C86H92B2Br5F2N3O6. The lowest BCUT2D eigenvalue weighted by Gasteiger charge is -2.40. The number of rotatable bonds is 22. The minimum absolute atomic E-state index is 0.257. The SMILES string of the molecule is Brc1ccc(N(c2ccc(Br)cc2)c2ccc(Br)cc2)cc1.CC1(C)OB(c2ccc(N(c3ccc(B4OC(C)(C)C(C)(C)O4)cc3)c3ccc(N(c4ccc(F)cc4)c4ccc(F)cc4)cc3)cc2)OC1(C)C.CCC1(COc2ccc(Br)cc2)COC1.CCCCCCCCc1ccc(Br)cc1. The van der Waals surface area contributed by atoms with Crippen molar-refractivity contribution in [2.24, 2.45) is 5.41 Å². The van der Waals surface area contributed by atoms with Crippen LogP contribution in [-0.4, -0.2) is 56.5 Å². The molecule has 0 spiro atoms. The first-order valence-electron chi connectivity index (χ1n) is 35.6. The van der Waals surface area contributed by atoms with Crippen molar-refractivity contribution in [2.75, 3.05) is 34.5 Å². The van der Waals surface area contributed by atoms with Crippen LogP contribution in [0, 0.1) is 17.0 Å². The van der Waals surface area contributed by atoms with E-state index in [1.807, 2.05) is 133 Å². The molecule has 0 aliphatic carbocycles. The number of benzene rings is 10. The molecule has 18 heteroatoms. The fraction of sp³-hybridized carbons (Fsp3) is 0.302. The highest BCUT2D eigenvalue weighted by atomic mass is 79.9. The highest BCUT2D eigenvalue weighted by Gasteiger charge is 2.53. The van der Waals surface area contributed by atoms with Gasteiger partial charge in [0.1, 0.15) is 17.4 Å². The summed E-state index contributed by atoms with van der Waals surface area (Å²) in [5, 5.41) is 0. The molecule has 542 valence electrons. The van der Waals surface area contributed by atoms with Crippen LogP contribution < -0.4 is 30.4 Å². The third kappa shape index (κ3) is 21.3. The van der Waals surface area contributed by atoms with E-state index in [1.165, 1.54) is 79.2 Å². The molecule has 0 saturated carbocycles. The largest absolute Gasteiger partial charge is 0.494 e. The van der Waals surface area contributed by atoms with Gasteiger partial charge in [-0.3, -0.25) is 0 Å². The Balaban J connectivity index is 0.000000180. The molecule has 3 fully saturated rings. The van der Waals surface area contributed by atoms with Gasteiger partial charge in [-0.1, -0.05) is 162 Å². The average molecular weight is 1720 g/mol. The van der Waals surface area contributed by atoms with Gasteiger partial charge >= 0.3 is 14.2 Å². The van der Waals surface area contributed by atoms with Crippen molar-refractivity contribution in [2.45, 2.75) is 143 Å². The molecule has 0 atom stereocenters. The minimum Gasteiger partial charge on any atom is -0.493 e. The van der Waals surface area contributed by atoms with Gasteiger partial charge in [0, 0.05) is 73.6 Å². The number of halogens is 7. The van der Waals surface area contributed by atoms with Crippen LogP contribution in [0.4, 0.5) is 60.0 Å². The van der Waals surface area contributed by atoms with Crippen LogP contribution in [-0.2, 0) is 29.8 Å². The van der Waals surface area contributed by atoms with Crippen molar-refractivity contribution in [1.29, 1.82) is 0 Å². The maximum absolute atomic E-state index is 13.9. The smallest absolute Gasteiger partial charge is 0.493 e. The highest BCUT2D eigenvalue weighted by Crippen LogP contribution is 2.43. The first-order valence-corrected chi connectivity index (χ1v) is 39.6. The third-order valence-corrected chi connectivity index (χ3v) is 22.4. The van der Waals surface area contributed by atoms with E-state index in [9.17, 15) is 8.78 Å². The Morgan fingerprint density at radius 2 is 0.606 bits per heavy atom. The van der Waals surface area contributed by atoms with E-state index in [0.717, 1.165) is 112 Å². The molecular weight excluding hydrogens is 1630 g/mol. The quantitative estimate of drug-likeness (QED) is 0.0488. The molecule has 104 heavy (non-hydrogen) atoms. The standard InChI is InChI=1S/C42H44B2F2N2O4.C18H12Br3N.C14H21Br.C12H15BrO2/c1-39(2)40(3,4)50-43(49-39)29-9-17-33(18-10-29)47(34-19-11-30(12-20-34)44-51-41(5,6)42(7,8)52-44)37-25-27-38(28-26-37)48(35-21-13-31(45)14-22-35)36-23-15-32(46)16-24-36;19-13-1-7-16(8-2-13)22(17-9-3-14(20)4-10-17)18-11-5-15(21)6-12-18;1-2-3-4-5-6-7-8-13-9-11-14(15)12-10-13;1-2-12(7-14-8-12)9-15-11-5-3-10(13)4-6-11/h9-28H,1-8H3;1-12H;9-12H,2-8H2,1H3;3-6H,2,7-9H2,1H3. The van der Waals surface area contributed by atoms with Crippen molar-refractivity contribution >= 4 is 156 Å². The molecule has 10 aromatic rings. The summed E-state index contributed by atoms with van der Waals surface area (Å²) in [6.45, 7) is 23.3. The summed E-state index contributed by atoms with van der Waals surface area (Å²) in [7, 11) is -0.954. The predicted molar refractivity (Wildman–Crippen MR) is 446 cm³/mol. The Morgan fingerprint density at radius 1 is 0.346 bits per heavy atom. The van der Waals surface area contributed by atoms with Gasteiger partial charge in [0.2, 0.25) is 0 Å². The van der Waals surface area contributed by atoms with Crippen LogP contribution in [0.25, 0.3) is 0 Å². The number of ether oxygens (including phenoxy) is 2. The van der Waals surface area contributed by atoms with Crippen LogP contribution in [0.15, 0.2) is 265 Å². The van der Waals surface area contributed by atoms with Gasteiger partial charge in [0.15, 0.2) is 0 Å². The molecule has 0 aromatic heterocycles. The number of unbranched alkanes of at least 4 members (excludes halogenated alkanes) is 5.